The van der Waals surface area contributed by atoms with Crippen LogP contribution < -0.4 is 5.32 Å². The van der Waals surface area contributed by atoms with Gasteiger partial charge in [-0.2, -0.15) is 0 Å². The van der Waals surface area contributed by atoms with Crippen molar-refractivity contribution in [2.75, 3.05) is 19.6 Å². The maximum Gasteiger partial charge on any atom is 0.0224 e. The molecule has 2 aliphatic rings. The number of unbranched alkanes of at least 4 members (excludes halogenated alkanes) is 2. The fourth-order valence-corrected chi connectivity index (χ4v) is 3.68. The summed E-state index contributed by atoms with van der Waals surface area (Å²) in [5, 5.41) is 3.82. The van der Waals surface area contributed by atoms with E-state index in [1.165, 1.54) is 71.0 Å². The largest absolute Gasteiger partial charge is 0.311 e. The molecule has 2 fully saturated rings. The third-order valence-corrected chi connectivity index (χ3v) is 5.00. The van der Waals surface area contributed by atoms with Crippen LogP contribution in [0.1, 0.15) is 65.2 Å². The number of piperazine rings is 1. The van der Waals surface area contributed by atoms with Crippen LogP contribution in [-0.2, 0) is 0 Å². The molecule has 106 valence electrons. The van der Waals surface area contributed by atoms with Crippen molar-refractivity contribution >= 4 is 0 Å². The molecular formula is C16H32N2. The van der Waals surface area contributed by atoms with Gasteiger partial charge in [-0.05, 0) is 38.6 Å². The number of nitrogens with zero attached hydrogens (tertiary/aromatic N) is 1. The van der Waals surface area contributed by atoms with Crippen molar-refractivity contribution in [3.63, 3.8) is 0 Å². The Labute approximate surface area is 114 Å². The molecule has 2 rings (SSSR count). The van der Waals surface area contributed by atoms with Crippen molar-refractivity contribution in [3.8, 4) is 0 Å². The SMILES string of the molecule is CCCCCN1CC(C2CCCCC2)NCC1C. The summed E-state index contributed by atoms with van der Waals surface area (Å²) in [6.45, 7) is 8.50. The van der Waals surface area contributed by atoms with E-state index in [9.17, 15) is 0 Å². The average molecular weight is 252 g/mol. The molecule has 18 heavy (non-hydrogen) atoms. The van der Waals surface area contributed by atoms with Gasteiger partial charge in [-0.1, -0.05) is 39.0 Å². The summed E-state index contributed by atoms with van der Waals surface area (Å²) in [4.78, 5) is 2.74. The summed E-state index contributed by atoms with van der Waals surface area (Å²) < 4.78 is 0. The van der Waals surface area contributed by atoms with Crippen molar-refractivity contribution in [2.24, 2.45) is 5.92 Å². The van der Waals surface area contributed by atoms with Crippen molar-refractivity contribution in [1.82, 2.24) is 10.2 Å². The second kappa shape index (κ2) is 7.49. The van der Waals surface area contributed by atoms with E-state index in [2.05, 4.69) is 24.1 Å². The molecule has 0 radical (unpaired) electrons. The summed E-state index contributed by atoms with van der Waals surface area (Å²) in [6, 6.07) is 1.52. The molecule has 1 saturated heterocycles. The van der Waals surface area contributed by atoms with Crippen LogP contribution in [0.3, 0.4) is 0 Å². The van der Waals surface area contributed by atoms with Gasteiger partial charge < -0.3 is 5.32 Å². The Bertz CT molecular complexity index is 223. The summed E-state index contributed by atoms with van der Waals surface area (Å²) in [7, 11) is 0. The van der Waals surface area contributed by atoms with Gasteiger partial charge >= 0.3 is 0 Å². The molecule has 0 aromatic carbocycles. The Balaban J connectivity index is 1.79. The lowest BCUT2D eigenvalue weighted by atomic mass is 9.82. The molecule has 0 amide bonds. The predicted octanol–water partition coefficient (Wildman–Crippen LogP) is 3.42. The van der Waals surface area contributed by atoms with Gasteiger partial charge in [-0.3, -0.25) is 4.90 Å². The van der Waals surface area contributed by atoms with Gasteiger partial charge in [-0.15, -0.1) is 0 Å². The lowest BCUT2D eigenvalue weighted by Gasteiger charge is -2.43. The zero-order chi connectivity index (χ0) is 12.8. The molecule has 1 aliphatic heterocycles. The third-order valence-electron chi connectivity index (χ3n) is 5.00. The molecule has 1 saturated carbocycles. The zero-order valence-electron chi connectivity index (χ0n) is 12.5. The molecule has 0 bridgehead atoms. The first-order valence-corrected chi connectivity index (χ1v) is 8.28. The van der Waals surface area contributed by atoms with Crippen molar-refractivity contribution < 1.29 is 0 Å². The van der Waals surface area contributed by atoms with Crippen LogP contribution in [0.4, 0.5) is 0 Å². The Hall–Kier alpha value is -0.0800. The van der Waals surface area contributed by atoms with E-state index in [4.69, 9.17) is 0 Å². The molecule has 2 atom stereocenters. The number of nitrogens with one attached hydrogen (secondary N) is 1. The van der Waals surface area contributed by atoms with Crippen LogP contribution in [0, 0.1) is 5.92 Å². The first-order valence-electron chi connectivity index (χ1n) is 8.28. The van der Waals surface area contributed by atoms with Gasteiger partial charge in [0.05, 0.1) is 0 Å². The first kappa shape index (κ1) is 14.3. The van der Waals surface area contributed by atoms with Crippen LogP contribution in [-0.4, -0.2) is 36.6 Å². The van der Waals surface area contributed by atoms with Gasteiger partial charge in [0.25, 0.3) is 0 Å². The number of hydrogen-bond donors (Lipinski definition) is 1. The lowest BCUT2D eigenvalue weighted by molar-refractivity contribution is 0.103. The second-order valence-corrected chi connectivity index (χ2v) is 6.46. The Kier molecular flexibility index (Phi) is 5.97. The molecule has 2 heteroatoms. The summed E-state index contributed by atoms with van der Waals surface area (Å²) in [6.07, 6.45) is 11.5. The van der Waals surface area contributed by atoms with Crippen molar-refractivity contribution in [3.05, 3.63) is 0 Å². The van der Waals surface area contributed by atoms with Crippen molar-refractivity contribution in [2.45, 2.75) is 77.3 Å². The predicted molar refractivity (Wildman–Crippen MR) is 78.9 cm³/mol. The third kappa shape index (κ3) is 3.96. The zero-order valence-corrected chi connectivity index (χ0v) is 12.5. The minimum atomic E-state index is 0.738. The van der Waals surface area contributed by atoms with Gasteiger partial charge in [0, 0.05) is 25.2 Å². The molecule has 0 aromatic rings. The highest BCUT2D eigenvalue weighted by Crippen LogP contribution is 2.28. The van der Waals surface area contributed by atoms with Crippen LogP contribution in [0.15, 0.2) is 0 Å². The van der Waals surface area contributed by atoms with E-state index in [-0.39, 0.29) is 0 Å². The van der Waals surface area contributed by atoms with Crippen molar-refractivity contribution in [1.29, 1.82) is 0 Å². The molecular weight excluding hydrogens is 220 g/mol. The fourth-order valence-electron chi connectivity index (χ4n) is 3.68. The molecule has 1 N–H and O–H groups in total. The Morgan fingerprint density at radius 1 is 1.11 bits per heavy atom. The normalized spacial score (nSPS) is 31.7. The van der Waals surface area contributed by atoms with Crippen LogP contribution in [0.25, 0.3) is 0 Å². The van der Waals surface area contributed by atoms with E-state index in [0.717, 1.165) is 18.0 Å². The summed E-state index contributed by atoms with van der Waals surface area (Å²) in [5.41, 5.74) is 0. The Morgan fingerprint density at radius 3 is 2.61 bits per heavy atom. The quantitative estimate of drug-likeness (QED) is 0.754. The van der Waals surface area contributed by atoms with E-state index in [1.807, 2.05) is 0 Å². The van der Waals surface area contributed by atoms with Gasteiger partial charge in [0.2, 0.25) is 0 Å². The van der Waals surface area contributed by atoms with E-state index >= 15 is 0 Å². The molecule has 1 aliphatic carbocycles. The van der Waals surface area contributed by atoms with Gasteiger partial charge in [-0.25, -0.2) is 0 Å². The smallest absolute Gasteiger partial charge is 0.0224 e. The van der Waals surface area contributed by atoms with Crippen LogP contribution >= 0.6 is 0 Å². The molecule has 0 spiro atoms. The molecule has 0 aromatic heterocycles. The summed E-state index contributed by atoms with van der Waals surface area (Å²) >= 11 is 0. The van der Waals surface area contributed by atoms with Crippen LogP contribution in [0.2, 0.25) is 0 Å². The monoisotopic (exact) mass is 252 g/mol. The highest BCUT2D eigenvalue weighted by molar-refractivity contribution is 4.89. The lowest BCUT2D eigenvalue weighted by Crippen LogP contribution is -2.58. The van der Waals surface area contributed by atoms with Crippen LogP contribution in [0.5, 0.6) is 0 Å². The highest BCUT2D eigenvalue weighted by Gasteiger charge is 2.30. The minimum absolute atomic E-state index is 0.738. The number of hydrogen-bond acceptors (Lipinski definition) is 2. The average Bonchev–Trinajstić information content (AvgIpc) is 2.42. The topological polar surface area (TPSA) is 15.3 Å². The van der Waals surface area contributed by atoms with E-state index in [1.54, 1.807) is 0 Å². The minimum Gasteiger partial charge on any atom is -0.311 e. The fraction of sp³-hybridized carbons (Fsp3) is 1.00. The Morgan fingerprint density at radius 2 is 1.89 bits per heavy atom. The van der Waals surface area contributed by atoms with Gasteiger partial charge in [0.1, 0.15) is 0 Å². The maximum atomic E-state index is 3.82. The van der Waals surface area contributed by atoms with E-state index in [0.29, 0.717) is 0 Å². The van der Waals surface area contributed by atoms with E-state index < -0.39 is 0 Å². The molecule has 2 nitrogen and oxygen atoms in total. The molecule has 2 unspecified atom stereocenters. The second-order valence-electron chi connectivity index (χ2n) is 6.46. The highest BCUT2D eigenvalue weighted by atomic mass is 15.2. The summed E-state index contributed by atoms with van der Waals surface area (Å²) in [5.74, 6) is 0.958. The first-order chi connectivity index (χ1) is 8.81. The standard InChI is InChI=1S/C16H32N2/c1-3-4-8-11-18-13-16(17-12-14(18)2)15-9-6-5-7-10-15/h14-17H,3-13H2,1-2H3. The maximum absolute atomic E-state index is 3.82. The number of rotatable bonds is 5. The van der Waals surface area contributed by atoms with Gasteiger partial charge in [0.15, 0.2) is 0 Å². The molecule has 1 heterocycles.